The molecule has 2 aliphatic carbocycles. The molecule has 110 valence electrons. The van der Waals surface area contributed by atoms with Crippen molar-refractivity contribution in [2.24, 2.45) is 0 Å². The van der Waals surface area contributed by atoms with Gasteiger partial charge in [-0.15, -0.1) is 0 Å². The topological polar surface area (TPSA) is 30.5 Å². The number of ether oxygens (including phenoxy) is 2. The summed E-state index contributed by atoms with van der Waals surface area (Å²) in [5.74, 6) is 0.958. The molecule has 1 aromatic carbocycles. The quantitative estimate of drug-likeness (QED) is 0.809. The van der Waals surface area contributed by atoms with Crippen LogP contribution in [0.15, 0.2) is 18.2 Å². The van der Waals surface area contributed by atoms with Gasteiger partial charge in [0.1, 0.15) is 5.75 Å². The largest absolute Gasteiger partial charge is 0.497 e. The Balaban J connectivity index is 1.47. The highest BCUT2D eigenvalue weighted by Gasteiger charge is 2.22. The van der Waals surface area contributed by atoms with Crippen LogP contribution in [0.2, 0.25) is 0 Å². The van der Waals surface area contributed by atoms with Gasteiger partial charge in [0.2, 0.25) is 0 Å². The van der Waals surface area contributed by atoms with Crippen molar-refractivity contribution in [1.29, 1.82) is 0 Å². The maximum Gasteiger partial charge on any atom is 0.119 e. The zero-order valence-corrected chi connectivity index (χ0v) is 12.4. The average Bonchev–Trinajstić information content (AvgIpc) is 3.13. The molecular weight excluding hydrogens is 250 g/mol. The van der Waals surface area contributed by atoms with Gasteiger partial charge < -0.3 is 14.8 Å². The molecule has 3 heteroatoms. The second kappa shape index (κ2) is 6.59. The smallest absolute Gasteiger partial charge is 0.119 e. The van der Waals surface area contributed by atoms with Crippen molar-refractivity contribution >= 4 is 0 Å². The first-order valence-electron chi connectivity index (χ1n) is 7.88. The van der Waals surface area contributed by atoms with Gasteiger partial charge in [0.05, 0.1) is 19.8 Å². The molecule has 2 aliphatic rings. The molecule has 0 amide bonds. The van der Waals surface area contributed by atoms with Gasteiger partial charge in [-0.2, -0.15) is 0 Å². The molecule has 1 N–H and O–H groups in total. The first kappa shape index (κ1) is 13.9. The first-order chi connectivity index (χ1) is 9.86. The van der Waals surface area contributed by atoms with E-state index < -0.39 is 0 Å². The average molecular weight is 275 g/mol. The van der Waals surface area contributed by atoms with Crippen LogP contribution in [0.4, 0.5) is 0 Å². The Bertz CT molecular complexity index is 441. The zero-order valence-electron chi connectivity index (χ0n) is 12.4. The van der Waals surface area contributed by atoms with Gasteiger partial charge >= 0.3 is 0 Å². The molecule has 0 saturated heterocycles. The van der Waals surface area contributed by atoms with Crippen LogP contribution in [0.5, 0.6) is 5.75 Å². The highest BCUT2D eigenvalue weighted by Crippen LogP contribution is 2.33. The number of rotatable bonds is 6. The standard InChI is InChI=1S/C17H25NO2/c1-19-15-8-6-13-7-9-17(16(13)12-15)18-10-11-20-14-4-2-3-5-14/h6,8,12,14,17-18H,2-5,7,9-11H2,1H3. The summed E-state index contributed by atoms with van der Waals surface area (Å²) in [6.45, 7) is 1.78. The summed E-state index contributed by atoms with van der Waals surface area (Å²) < 4.78 is 11.2. The summed E-state index contributed by atoms with van der Waals surface area (Å²) in [5.41, 5.74) is 2.87. The van der Waals surface area contributed by atoms with E-state index in [2.05, 4.69) is 23.5 Å². The fourth-order valence-corrected chi connectivity index (χ4v) is 3.43. The highest BCUT2D eigenvalue weighted by atomic mass is 16.5. The van der Waals surface area contributed by atoms with E-state index >= 15 is 0 Å². The second-order valence-corrected chi connectivity index (χ2v) is 5.89. The van der Waals surface area contributed by atoms with Crippen LogP contribution in [0.3, 0.4) is 0 Å². The SMILES string of the molecule is COc1ccc2c(c1)C(NCCOC1CCCC1)CC2. The molecule has 1 aromatic rings. The van der Waals surface area contributed by atoms with Crippen LogP contribution >= 0.6 is 0 Å². The predicted octanol–water partition coefficient (Wildman–Crippen LogP) is 3.23. The molecule has 0 spiro atoms. The lowest BCUT2D eigenvalue weighted by atomic mass is 10.1. The molecule has 3 rings (SSSR count). The summed E-state index contributed by atoms with van der Waals surface area (Å²) >= 11 is 0. The molecule has 0 bridgehead atoms. The van der Waals surface area contributed by atoms with E-state index in [1.807, 2.05) is 0 Å². The molecule has 1 fully saturated rings. The highest BCUT2D eigenvalue weighted by molar-refractivity contribution is 5.40. The van der Waals surface area contributed by atoms with Crippen LogP contribution in [0.25, 0.3) is 0 Å². The van der Waals surface area contributed by atoms with Gasteiger partial charge in [-0.05, 0) is 48.9 Å². The summed E-state index contributed by atoms with van der Waals surface area (Å²) in [6.07, 6.45) is 8.06. The number of nitrogens with one attached hydrogen (secondary N) is 1. The first-order valence-corrected chi connectivity index (χ1v) is 7.88. The minimum atomic E-state index is 0.465. The predicted molar refractivity (Wildman–Crippen MR) is 80.3 cm³/mol. The normalized spacial score (nSPS) is 22.1. The fraction of sp³-hybridized carbons (Fsp3) is 0.647. The minimum absolute atomic E-state index is 0.465. The number of aryl methyl sites for hydroxylation is 1. The van der Waals surface area contributed by atoms with Gasteiger partial charge in [0.15, 0.2) is 0 Å². The molecule has 20 heavy (non-hydrogen) atoms. The molecule has 1 saturated carbocycles. The number of methoxy groups -OCH3 is 1. The van der Waals surface area contributed by atoms with Crippen molar-refractivity contribution in [2.75, 3.05) is 20.3 Å². The van der Waals surface area contributed by atoms with E-state index in [-0.39, 0.29) is 0 Å². The van der Waals surface area contributed by atoms with Crippen molar-refractivity contribution in [3.8, 4) is 5.75 Å². The lowest BCUT2D eigenvalue weighted by Gasteiger charge is -2.16. The second-order valence-electron chi connectivity index (χ2n) is 5.89. The summed E-state index contributed by atoms with van der Waals surface area (Å²) in [4.78, 5) is 0. The van der Waals surface area contributed by atoms with E-state index in [0.717, 1.165) is 18.9 Å². The molecule has 0 radical (unpaired) electrons. The van der Waals surface area contributed by atoms with Gasteiger partial charge in [-0.25, -0.2) is 0 Å². The molecular formula is C17H25NO2. The molecule has 1 unspecified atom stereocenters. The van der Waals surface area contributed by atoms with Crippen LogP contribution < -0.4 is 10.1 Å². The van der Waals surface area contributed by atoms with Crippen LogP contribution in [-0.2, 0) is 11.2 Å². The third-order valence-corrected chi connectivity index (χ3v) is 4.58. The third kappa shape index (κ3) is 3.15. The van der Waals surface area contributed by atoms with Crippen LogP contribution in [0, 0.1) is 0 Å². The van der Waals surface area contributed by atoms with Gasteiger partial charge in [-0.1, -0.05) is 18.9 Å². The summed E-state index contributed by atoms with van der Waals surface area (Å²) in [6, 6.07) is 6.90. The van der Waals surface area contributed by atoms with E-state index in [1.54, 1.807) is 7.11 Å². The van der Waals surface area contributed by atoms with Gasteiger partial charge in [0.25, 0.3) is 0 Å². The monoisotopic (exact) mass is 275 g/mol. The van der Waals surface area contributed by atoms with Crippen LogP contribution in [0.1, 0.15) is 49.3 Å². The van der Waals surface area contributed by atoms with Crippen molar-refractivity contribution in [3.05, 3.63) is 29.3 Å². The number of benzene rings is 1. The molecule has 0 aliphatic heterocycles. The third-order valence-electron chi connectivity index (χ3n) is 4.58. The number of hydrogen-bond donors (Lipinski definition) is 1. The summed E-state index contributed by atoms with van der Waals surface area (Å²) in [7, 11) is 1.73. The zero-order chi connectivity index (χ0) is 13.8. The molecule has 3 nitrogen and oxygen atoms in total. The Labute approximate surface area is 121 Å². The molecule has 0 aromatic heterocycles. The Hall–Kier alpha value is -1.06. The maximum atomic E-state index is 5.91. The lowest BCUT2D eigenvalue weighted by Crippen LogP contribution is -2.25. The maximum absolute atomic E-state index is 5.91. The van der Waals surface area contributed by atoms with Crippen molar-refractivity contribution < 1.29 is 9.47 Å². The Morgan fingerprint density at radius 1 is 1.20 bits per heavy atom. The minimum Gasteiger partial charge on any atom is -0.497 e. The summed E-state index contributed by atoms with van der Waals surface area (Å²) in [5, 5.41) is 3.63. The number of hydrogen-bond acceptors (Lipinski definition) is 3. The fourth-order valence-electron chi connectivity index (χ4n) is 3.43. The van der Waals surface area contributed by atoms with Crippen molar-refractivity contribution in [2.45, 2.75) is 50.7 Å². The Morgan fingerprint density at radius 3 is 2.85 bits per heavy atom. The van der Waals surface area contributed by atoms with E-state index in [4.69, 9.17) is 9.47 Å². The van der Waals surface area contributed by atoms with E-state index in [1.165, 1.54) is 49.7 Å². The van der Waals surface area contributed by atoms with Gasteiger partial charge in [0, 0.05) is 12.6 Å². The Kier molecular flexibility index (Phi) is 4.58. The van der Waals surface area contributed by atoms with Crippen molar-refractivity contribution in [1.82, 2.24) is 5.32 Å². The van der Waals surface area contributed by atoms with Gasteiger partial charge in [-0.3, -0.25) is 0 Å². The molecule has 1 atom stereocenters. The van der Waals surface area contributed by atoms with Crippen molar-refractivity contribution in [3.63, 3.8) is 0 Å². The van der Waals surface area contributed by atoms with E-state index in [9.17, 15) is 0 Å². The molecule has 0 heterocycles. The van der Waals surface area contributed by atoms with E-state index in [0.29, 0.717) is 12.1 Å². The number of fused-ring (bicyclic) bond motifs is 1. The van der Waals surface area contributed by atoms with Crippen LogP contribution in [-0.4, -0.2) is 26.4 Å². The lowest BCUT2D eigenvalue weighted by molar-refractivity contribution is 0.0591. The Morgan fingerprint density at radius 2 is 2.05 bits per heavy atom.